The van der Waals surface area contributed by atoms with Gasteiger partial charge in [-0.25, -0.2) is 9.59 Å². The Bertz CT molecular complexity index is 933. The minimum Gasteiger partial charge on any atom is -0.493 e. The minimum absolute atomic E-state index is 0.197. The molecule has 0 bridgehead atoms. The minimum atomic E-state index is -0.544. The van der Waals surface area contributed by atoms with Crippen molar-refractivity contribution in [3.63, 3.8) is 0 Å². The fourth-order valence-corrected chi connectivity index (χ4v) is 3.43. The number of hydrogen-bond acceptors (Lipinski definition) is 7. The van der Waals surface area contributed by atoms with E-state index >= 15 is 0 Å². The van der Waals surface area contributed by atoms with E-state index in [-0.39, 0.29) is 12.3 Å². The highest BCUT2D eigenvalue weighted by molar-refractivity contribution is 9.10. The van der Waals surface area contributed by atoms with Crippen molar-refractivity contribution in [1.82, 2.24) is 4.98 Å². The molecule has 1 aromatic carbocycles. The Morgan fingerprint density at radius 1 is 1.07 bits per heavy atom. The van der Waals surface area contributed by atoms with Crippen molar-refractivity contribution in [2.45, 2.75) is 6.92 Å². The molecule has 0 spiro atoms. The Morgan fingerprint density at radius 3 is 2.31 bits per heavy atom. The third kappa shape index (κ3) is 4.56. The summed E-state index contributed by atoms with van der Waals surface area (Å²) in [5, 5.41) is 0. The molecule has 0 aliphatic heterocycles. The molecule has 0 radical (unpaired) electrons. The summed E-state index contributed by atoms with van der Waals surface area (Å²) in [6.07, 6.45) is 2.74. The Balaban J connectivity index is 2.78. The van der Waals surface area contributed by atoms with Crippen LogP contribution >= 0.6 is 15.9 Å². The molecule has 0 unspecified atom stereocenters. The number of benzene rings is 1. The molecule has 29 heavy (non-hydrogen) atoms. The number of methoxy groups -OCH3 is 4. The number of carbonyl (C=O) groups is 2. The number of ether oxygens (including phenoxy) is 5. The second-order valence-corrected chi connectivity index (χ2v) is 6.35. The number of aromatic nitrogens is 1. The van der Waals surface area contributed by atoms with Crippen LogP contribution in [0.1, 0.15) is 23.1 Å². The van der Waals surface area contributed by atoms with E-state index in [0.717, 1.165) is 0 Å². The van der Waals surface area contributed by atoms with Crippen LogP contribution in [0.15, 0.2) is 22.7 Å². The van der Waals surface area contributed by atoms with E-state index in [2.05, 4.69) is 25.7 Å². The smallest absolute Gasteiger partial charge is 0.355 e. The molecule has 9 heteroatoms. The predicted octanol–water partition coefficient (Wildman–Crippen LogP) is 3.83. The second kappa shape index (κ2) is 10.0. The van der Waals surface area contributed by atoms with Crippen molar-refractivity contribution in [2.75, 3.05) is 35.0 Å². The van der Waals surface area contributed by atoms with Gasteiger partial charge in [-0.2, -0.15) is 0 Å². The summed E-state index contributed by atoms with van der Waals surface area (Å²) in [6.45, 7) is 1.93. The van der Waals surface area contributed by atoms with Crippen LogP contribution in [0.5, 0.6) is 17.2 Å². The molecule has 0 aliphatic carbocycles. The zero-order chi connectivity index (χ0) is 21.6. The van der Waals surface area contributed by atoms with Crippen LogP contribution in [0.25, 0.3) is 17.2 Å². The predicted molar refractivity (Wildman–Crippen MR) is 111 cm³/mol. The molecule has 2 rings (SSSR count). The molecule has 0 amide bonds. The monoisotopic (exact) mass is 467 g/mol. The quantitative estimate of drug-likeness (QED) is 0.465. The molecular formula is C20H22BrNO7. The normalized spacial score (nSPS) is 10.7. The van der Waals surface area contributed by atoms with Gasteiger partial charge >= 0.3 is 11.9 Å². The van der Waals surface area contributed by atoms with E-state index in [1.807, 2.05) is 0 Å². The van der Waals surface area contributed by atoms with Crippen LogP contribution in [0.4, 0.5) is 0 Å². The molecule has 1 heterocycles. The first kappa shape index (κ1) is 22.4. The molecule has 2 aromatic rings. The summed E-state index contributed by atoms with van der Waals surface area (Å²) in [5.74, 6) is 0.185. The first-order chi connectivity index (χ1) is 13.9. The van der Waals surface area contributed by atoms with Crippen LogP contribution in [0.2, 0.25) is 0 Å². The summed E-state index contributed by atoms with van der Waals surface area (Å²) in [6, 6.07) is 3.48. The van der Waals surface area contributed by atoms with Crippen LogP contribution in [0, 0.1) is 0 Å². The van der Waals surface area contributed by atoms with Gasteiger partial charge in [-0.15, -0.1) is 0 Å². The maximum Gasteiger partial charge on any atom is 0.355 e. The van der Waals surface area contributed by atoms with Gasteiger partial charge in [-0.1, -0.05) is 0 Å². The third-order valence-electron chi connectivity index (χ3n) is 4.01. The van der Waals surface area contributed by atoms with Crippen molar-refractivity contribution in [3.05, 3.63) is 34.1 Å². The SMILES string of the molecule is CCOC(=O)c1[nH]c(/C=C/C(=O)OC)c(-c2ccc(OC)c(OC)c2OC)c1Br. The largest absolute Gasteiger partial charge is 0.493 e. The molecule has 0 fully saturated rings. The Hall–Kier alpha value is -2.94. The molecule has 0 aliphatic rings. The van der Waals surface area contributed by atoms with Crippen molar-refractivity contribution in [3.8, 4) is 28.4 Å². The number of carbonyl (C=O) groups excluding carboxylic acids is 2. The van der Waals surface area contributed by atoms with Gasteiger partial charge in [0.05, 0.1) is 39.5 Å². The van der Waals surface area contributed by atoms with Crippen molar-refractivity contribution in [1.29, 1.82) is 0 Å². The Labute approximate surface area is 176 Å². The first-order valence-corrected chi connectivity index (χ1v) is 9.36. The lowest BCUT2D eigenvalue weighted by Crippen LogP contribution is -2.05. The number of aromatic amines is 1. The van der Waals surface area contributed by atoms with Crippen molar-refractivity contribution >= 4 is 33.9 Å². The Morgan fingerprint density at radius 2 is 1.76 bits per heavy atom. The van der Waals surface area contributed by atoms with E-state index in [9.17, 15) is 9.59 Å². The molecular weight excluding hydrogens is 446 g/mol. The number of halogens is 1. The lowest BCUT2D eigenvalue weighted by Gasteiger charge is -2.16. The van der Waals surface area contributed by atoms with Gasteiger partial charge in [0, 0.05) is 22.9 Å². The van der Waals surface area contributed by atoms with Crippen LogP contribution in [-0.2, 0) is 14.3 Å². The van der Waals surface area contributed by atoms with Crippen molar-refractivity contribution in [2.24, 2.45) is 0 Å². The van der Waals surface area contributed by atoms with E-state index in [1.54, 1.807) is 19.1 Å². The van der Waals surface area contributed by atoms with Gasteiger partial charge in [-0.05, 0) is 41.1 Å². The highest BCUT2D eigenvalue weighted by Gasteiger charge is 2.26. The lowest BCUT2D eigenvalue weighted by molar-refractivity contribution is -0.134. The van der Waals surface area contributed by atoms with E-state index in [4.69, 9.17) is 18.9 Å². The average Bonchev–Trinajstić information content (AvgIpc) is 3.06. The van der Waals surface area contributed by atoms with Gasteiger partial charge < -0.3 is 28.7 Å². The van der Waals surface area contributed by atoms with Gasteiger partial charge in [0.1, 0.15) is 5.69 Å². The number of esters is 2. The fourth-order valence-electron chi connectivity index (χ4n) is 2.75. The van der Waals surface area contributed by atoms with Gasteiger partial charge in [-0.3, -0.25) is 0 Å². The third-order valence-corrected chi connectivity index (χ3v) is 4.80. The van der Waals surface area contributed by atoms with Crippen LogP contribution < -0.4 is 14.2 Å². The molecule has 1 N–H and O–H groups in total. The summed E-state index contributed by atoms with van der Waals surface area (Å²) in [4.78, 5) is 26.9. The lowest BCUT2D eigenvalue weighted by atomic mass is 10.0. The molecule has 156 valence electrons. The molecule has 1 aromatic heterocycles. The van der Waals surface area contributed by atoms with Crippen LogP contribution in [0.3, 0.4) is 0 Å². The number of H-pyrrole nitrogens is 1. The molecule has 0 saturated heterocycles. The van der Waals surface area contributed by atoms with E-state index in [1.165, 1.54) is 40.6 Å². The summed E-state index contributed by atoms with van der Waals surface area (Å²) in [5.41, 5.74) is 1.85. The van der Waals surface area contributed by atoms with Crippen molar-refractivity contribution < 1.29 is 33.3 Å². The Kier molecular flexibility index (Phi) is 7.72. The molecule has 8 nitrogen and oxygen atoms in total. The topological polar surface area (TPSA) is 96.1 Å². The highest BCUT2D eigenvalue weighted by Crippen LogP contribution is 2.48. The average molecular weight is 468 g/mol. The maximum atomic E-state index is 12.4. The summed E-state index contributed by atoms with van der Waals surface area (Å²) < 4.78 is 26.5. The number of hydrogen-bond donors (Lipinski definition) is 1. The zero-order valence-corrected chi connectivity index (χ0v) is 18.3. The van der Waals surface area contributed by atoms with Gasteiger partial charge in [0.25, 0.3) is 0 Å². The standard InChI is InChI=1S/C20H22BrNO7/c1-6-29-20(24)17-16(21)15(12(22-17)8-10-14(23)26-3)11-7-9-13(25-2)19(28-5)18(11)27-4/h7-10,22H,6H2,1-5H3/b10-8+. The number of nitrogens with one attached hydrogen (secondary N) is 1. The van der Waals surface area contributed by atoms with E-state index < -0.39 is 11.9 Å². The first-order valence-electron chi connectivity index (χ1n) is 8.57. The maximum absolute atomic E-state index is 12.4. The molecule has 0 saturated carbocycles. The molecule has 0 atom stereocenters. The van der Waals surface area contributed by atoms with Crippen LogP contribution in [-0.4, -0.2) is 52.0 Å². The second-order valence-electron chi connectivity index (χ2n) is 5.56. The van der Waals surface area contributed by atoms with E-state index in [0.29, 0.717) is 38.5 Å². The summed E-state index contributed by atoms with van der Waals surface area (Å²) >= 11 is 3.47. The number of rotatable bonds is 8. The summed E-state index contributed by atoms with van der Waals surface area (Å²) in [7, 11) is 5.79. The highest BCUT2D eigenvalue weighted by atomic mass is 79.9. The van der Waals surface area contributed by atoms with Gasteiger partial charge in [0.15, 0.2) is 11.5 Å². The van der Waals surface area contributed by atoms with Gasteiger partial charge in [0.2, 0.25) is 5.75 Å². The zero-order valence-electron chi connectivity index (χ0n) is 16.8. The fraction of sp³-hybridized carbons (Fsp3) is 0.300.